The van der Waals surface area contributed by atoms with Crippen molar-refractivity contribution in [3.05, 3.63) is 23.9 Å². The highest BCUT2D eigenvalue weighted by molar-refractivity contribution is 5.97. The minimum Gasteiger partial charge on any atom is -0.481 e. The number of hydrogen-bond donors (Lipinski definition) is 3. The van der Waals surface area contributed by atoms with E-state index in [2.05, 4.69) is 10.3 Å². The van der Waals surface area contributed by atoms with Gasteiger partial charge in [0.15, 0.2) is 0 Å². The molecule has 4 N–H and O–H groups in total. The summed E-state index contributed by atoms with van der Waals surface area (Å²) in [4.78, 5) is 26.7. The number of nitrogens with one attached hydrogen (secondary N) is 1. The molecule has 1 aliphatic carbocycles. The minimum atomic E-state index is -0.783. The Labute approximate surface area is 123 Å². The second kappa shape index (κ2) is 6.56. The average molecular weight is 291 g/mol. The molecule has 114 valence electrons. The van der Waals surface area contributed by atoms with Crippen LogP contribution in [0.3, 0.4) is 0 Å². The Bertz CT molecular complexity index is 525. The normalized spacial score (nSPS) is 17.1. The summed E-state index contributed by atoms with van der Waals surface area (Å²) < 4.78 is 0. The van der Waals surface area contributed by atoms with E-state index in [0.717, 1.165) is 32.1 Å². The van der Waals surface area contributed by atoms with Gasteiger partial charge in [0.1, 0.15) is 5.82 Å². The summed E-state index contributed by atoms with van der Waals surface area (Å²) in [5.41, 5.74) is 5.39. The van der Waals surface area contributed by atoms with Crippen LogP contribution in [0.1, 0.15) is 48.9 Å². The Kier molecular flexibility index (Phi) is 4.77. The molecule has 2 rings (SSSR count). The van der Waals surface area contributed by atoms with Crippen LogP contribution in [0.15, 0.2) is 18.3 Å². The van der Waals surface area contributed by atoms with Gasteiger partial charge in [-0.05, 0) is 30.4 Å². The fourth-order valence-corrected chi connectivity index (χ4v) is 3.05. The molecule has 0 atom stereocenters. The zero-order chi connectivity index (χ0) is 15.3. The minimum absolute atomic E-state index is 0.138. The number of rotatable bonds is 6. The summed E-state index contributed by atoms with van der Waals surface area (Å²) >= 11 is 0. The van der Waals surface area contributed by atoms with Gasteiger partial charge in [-0.2, -0.15) is 0 Å². The molecule has 0 aliphatic heterocycles. The van der Waals surface area contributed by atoms with E-state index in [1.165, 1.54) is 0 Å². The van der Waals surface area contributed by atoms with Crippen molar-refractivity contribution < 1.29 is 14.7 Å². The second-order valence-corrected chi connectivity index (χ2v) is 5.75. The first-order valence-corrected chi connectivity index (χ1v) is 7.23. The number of primary amides is 1. The Morgan fingerprint density at radius 1 is 1.33 bits per heavy atom. The summed E-state index contributed by atoms with van der Waals surface area (Å²) in [5, 5.41) is 12.3. The predicted octanol–water partition coefficient (Wildman–Crippen LogP) is 2.02. The van der Waals surface area contributed by atoms with Gasteiger partial charge in [0.2, 0.25) is 0 Å². The number of hydrogen-bond acceptors (Lipinski definition) is 4. The zero-order valence-corrected chi connectivity index (χ0v) is 12.0. The molecule has 21 heavy (non-hydrogen) atoms. The van der Waals surface area contributed by atoms with Gasteiger partial charge in [-0.25, -0.2) is 4.98 Å². The summed E-state index contributed by atoms with van der Waals surface area (Å²) in [6, 6.07) is 3.27. The summed E-state index contributed by atoms with van der Waals surface area (Å²) in [5.74, 6) is -0.892. The Hall–Kier alpha value is -2.11. The molecular formula is C15H21N3O3. The molecule has 1 fully saturated rings. The highest BCUT2D eigenvalue weighted by Crippen LogP contribution is 2.39. The van der Waals surface area contributed by atoms with Crippen LogP contribution >= 0.6 is 0 Å². The van der Waals surface area contributed by atoms with Gasteiger partial charge >= 0.3 is 5.97 Å². The molecule has 1 heterocycles. The van der Waals surface area contributed by atoms with Crippen LogP contribution in [0.2, 0.25) is 0 Å². The second-order valence-electron chi connectivity index (χ2n) is 5.75. The van der Waals surface area contributed by atoms with Gasteiger partial charge in [0.05, 0.1) is 12.0 Å². The van der Waals surface area contributed by atoms with E-state index in [0.29, 0.717) is 17.9 Å². The summed E-state index contributed by atoms with van der Waals surface area (Å²) in [6.45, 7) is 0.497. The lowest BCUT2D eigenvalue weighted by Gasteiger charge is -2.36. The number of aliphatic carboxylic acids is 1. The first-order valence-electron chi connectivity index (χ1n) is 7.23. The van der Waals surface area contributed by atoms with Gasteiger partial charge in [-0.3, -0.25) is 9.59 Å². The van der Waals surface area contributed by atoms with Crippen LogP contribution in [-0.2, 0) is 4.79 Å². The van der Waals surface area contributed by atoms with Crippen molar-refractivity contribution in [3.8, 4) is 0 Å². The van der Waals surface area contributed by atoms with Gasteiger partial charge in [-0.15, -0.1) is 0 Å². The predicted molar refractivity (Wildman–Crippen MR) is 79.0 cm³/mol. The smallest absolute Gasteiger partial charge is 0.303 e. The molecule has 0 saturated heterocycles. The number of pyridine rings is 1. The topological polar surface area (TPSA) is 105 Å². The van der Waals surface area contributed by atoms with E-state index >= 15 is 0 Å². The lowest BCUT2D eigenvalue weighted by Crippen LogP contribution is -2.35. The number of carbonyl (C=O) groups excluding carboxylic acids is 1. The lowest BCUT2D eigenvalue weighted by atomic mass is 9.71. The third kappa shape index (κ3) is 3.93. The maximum Gasteiger partial charge on any atom is 0.303 e. The van der Waals surface area contributed by atoms with E-state index < -0.39 is 11.9 Å². The molecule has 1 aromatic heterocycles. The van der Waals surface area contributed by atoms with E-state index in [1.807, 2.05) is 0 Å². The van der Waals surface area contributed by atoms with Crippen LogP contribution in [0.4, 0.5) is 5.82 Å². The van der Waals surface area contributed by atoms with Gasteiger partial charge in [-0.1, -0.05) is 19.3 Å². The number of aromatic nitrogens is 1. The van der Waals surface area contributed by atoms with Crippen LogP contribution in [0.5, 0.6) is 0 Å². The molecule has 6 heteroatoms. The largest absolute Gasteiger partial charge is 0.481 e. The number of carboxylic acids is 1. The van der Waals surface area contributed by atoms with E-state index in [1.54, 1.807) is 18.3 Å². The third-order valence-electron chi connectivity index (χ3n) is 4.14. The average Bonchev–Trinajstić information content (AvgIpc) is 2.46. The zero-order valence-electron chi connectivity index (χ0n) is 12.0. The fourth-order valence-electron chi connectivity index (χ4n) is 3.05. The van der Waals surface area contributed by atoms with Crippen molar-refractivity contribution in [2.75, 3.05) is 11.9 Å². The molecular weight excluding hydrogens is 270 g/mol. The van der Waals surface area contributed by atoms with Gasteiger partial charge in [0, 0.05) is 12.7 Å². The number of amides is 1. The quantitative estimate of drug-likeness (QED) is 0.743. The maximum absolute atomic E-state index is 11.4. The SMILES string of the molecule is NC(=O)c1cccnc1NCC1(CC(=O)O)CCCCC1. The molecule has 0 bridgehead atoms. The van der Waals surface area contributed by atoms with E-state index in [4.69, 9.17) is 10.8 Å². The van der Waals surface area contributed by atoms with Crippen molar-refractivity contribution in [3.63, 3.8) is 0 Å². The molecule has 6 nitrogen and oxygen atoms in total. The monoisotopic (exact) mass is 291 g/mol. The molecule has 0 radical (unpaired) electrons. The molecule has 1 amide bonds. The number of carboxylic acid groups (broad SMARTS) is 1. The number of nitrogens with zero attached hydrogens (tertiary/aromatic N) is 1. The third-order valence-corrected chi connectivity index (χ3v) is 4.14. The van der Waals surface area contributed by atoms with Crippen LogP contribution < -0.4 is 11.1 Å². The molecule has 0 aromatic carbocycles. The van der Waals surface area contributed by atoms with Crippen LogP contribution in [0, 0.1) is 5.41 Å². The highest BCUT2D eigenvalue weighted by atomic mass is 16.4. The van der Waals surface area contributed by atoms with Crippen molar-refractivity contribution >= 4 is 17.7 Å². The summed E-state index contributed by atoms with van der Waals surface area (Å²) in [6.07, 6.45) is 6.71. The van der Waals surface area contributed by atoms with Gasteiger partial charge < -0.3 is 16.2 Å². The Morgan fingerprint density at radius 3 is 2.67 bits per heavy atom. The molecule has 0 spiro atoms. The first-order chi connectivity index (χ1) is 10.0. The highest BCUT2D eigenvalue weighted by Gasteiger charge is 2.34. The molecule has 1 aromatic rings. The molecule has 0 unspecified atom stereocenters. The van der Waals surface area contributed by atoms with Crippen LogP contribution in [-0.4, -0.2) is 28.5 Å². The molecule has 1 saturated carbocycles. The number of carbonyl (C=O) groups is 2. The molecule has 1 aliphatic rings. The summed E-state index contributed by atoms with van der Waals surface area (Å²) in [7, 11) is 0. The van der Waals surface area contributed by atoms with Crippen molar-refractivity contribution in [1.82, 2.24) is 4.98 Å². The Balaban J connectivity index is 2.11. The lowest BCUT2D eigenvalue weighted by molar-refractivity contribution is -0.140. The van der Waals surface area contributed by atoms with Crippen molar-refractivity contribution in [2.45, 2.75) is 38.5 Å². The van der Waals surface area contributed by atoms with Crippen molar-refractivity contribution in [1.29, 1.82) is 0 Å². The fraction of sp³-hybridized carbons (Fsp3) is 0.533. The van der Waals surface area contributed by atoms with Crippen molar-refractivity contribution in [2.24, 2.45) is 11.1 Å². The Morgan fingerprint density at radius 2 is 2.05 bits per heavy atom. The maximum atomic E-state index is 11.4. The van der Waals surface area contributed by atoms with Crippen LogP contribution in [0.25, 0.3) is 0 Å². The number of anilines is 1. The standard InChI is InChI=1S/C15H21N3O3/c16-13(21)11-5-4-8-17-14(11)18-10-15(9-12(19)20)6-2-1-3-7-15/h4-5,8H,1-3,6-7,9-10H2,(H2,16,21)(H,17,18)(H,19,20). The number of nitrogens with two attached hydrogens (primary N) is 1. The van der Waals surface area contributed by atoms with Gasteiger partial charge in [0.25, 0.3) is 5.91 Å². The first kappa shape index (κ1) is 15.3. The van der Waals surface area contributed by atoms with E-state index in [9.17, 15) is 9.59 Å². The van der Waals surface area contributed by atoms with E-state index in [-0.39, 0.29) is 11.8 Å².